The normalized spacial score (nSPS) is 20.9. The number of nitrogens with zero attached hydrogens (tertiary/aromatic N) is 1. The van der Waals surface area contributed by atoms with Crippen LogP contribution in [0.4, 0.5) is 17.1 Å². The van der Waals surface area contributed by atoms with E-state index < -0.39 is 39.3 Å². The summed E-state index contributed by atoms with van der Waals surface area (Å²) in [6.07, 6.45) is 3.34. The largest absolute Gasteiger partial charge is 0.508 e. The topological polar surface area (TPSA) is 108 Å². The zero-order chi connectivity index (χ0) is 42.0. The molecule has 0 aromatic heterocycles. The van der Waals surface area contributed by atoms with Crippen LogP contribution in [0.2, 0.25) is 11.4 Å². The molecule has 8 nitrogen and oxygen atoms in total. The molecule has 0 saturated carbocycles. The van der Waals surface area contributed by atoms with Crippen LogP contribution in [0.5, 0.6) is 5.75 Å². The van der Waals surface area contributed by atoms with Crippen molar-refractivity contribution in [1.29, 1.82) is 0 Å². The third-order valence-corrected chi connectivity index (χ3v) is 17.4. The summed E-state index contributed by atoms with van der Waals surface area (Å²) in [4.78, 5) is 30.7. The maximum Gasteiger partial charge on any atom is 0.455 e. The first-order valence-electron chi connectivity index (χ1n) is 21.0. The van der Waals surface area contributed by atoms with Gasteiger partial charge in [-0.1, -0.05) is 123 Å². The summed E-state index contributed by atoms with van der Waals surface area (Å²) in [5.41, 5.74) is 6.25. The highest BCUT2D eigenvalue weighted by Crippen LogP contribution is 2.52. The molecule has 4 atom stereocenters. The Morgan fingerprint density at radius 3 is 2.07 bits per heavy atom. The third kappa shape index (κ3) is 8.17. The fraction of sp³-hybridized carbons (Fsp3) is 0.280. The SMILES string of the molecule is C/C(=C\c1cccc(O)c1)CC[C@H]1OB(O)C[C@H]2C1=C(CO[Si](c1ccccc1)(c1ccccc1)C(C)(C)C)C[C@H]1C(=O)N(c3ccc(Nc4ccccc4)cc3)C(=O)[C@H]12. The molecule has 5 aromatic carbocycles. The van der Waals surface area contributed by atoms with Crippen LogP contribution >= 0.6 is 0 Å². The fourth-order valence-electron chi connectivity index (χ4n) is 9.82. The molecule has 0 spiro atoms. The molecule has 0 unspecified atom stereocenters. The van der Waals surface area contributed by atoms with Crippen LogP contribution in [0.1, 0.15) is 52.5 Å². The number of para-hydroxylation sites is 1. The smallest absolute Gasteiger partial charge is 0.455 e. The predicted molar refractivity (Wildman–Crippen MR) is 243 cm³/mol. The van der Waals surface area contributed by atoms with E-state index in [0.29, 0.717) is 24.9 Å². The van der Waals surface area contributed by atoms with Crippen molar-refractivity contribution < 1.29 is 28.8 Å². The monoisotopic (exact) mass is 816 g/mol. The Morgan fingerprint density at radius 2 is 1.45 bits per heavy atom. The Morgan fingerprint density at radius 1 is 0.833 bits per heavy atom. The molecule has 2 amide bonds. The number of fused-ring (bicyclic) bond motifs is 3. The Labute approximate surface area is 354 Å². The van der Waals surface area contributed by atoms with Crippen LogP contribution in [0.3, 0.4) is 0 Å². The molecule has 1 aliphatic carbocycles. The number of benzene rings is 5. The van der Waals surface area contributed by atoms with E-state index in [2.05, 4.69) is 81.5 Å². The van der Waals surface area contributed by atoms with Crippen molar-refractivity contribution in [1.82, 2.24) is 0 Å². The summed E-state index contributed by atoms with van der Waals surface area (Å²) >= 11 is 0. The highest BCUT2D eigenvalue weighted by molar-refractivity contribution is 6.99. The molecule has 3 N–H and O–H groups in total. The van der Waals surface area contributed by atoms with Gasteiger partial charge in [0.1, 0.15) is 5.75 Å². The van der Waals surface area contributed by atoms with Gasteiger partial charge in [0.25, 0.3) is 8.32 Å². The van der Waals surface area contributed by atoms with Gasteiger partial charge in [0.05, 0.1) is 30.2 Å². The number of phenolic OH excluding ortho intramolecular Hbond substituents is 1. The molecular weight excluding hydrogens is 763 g/mol. The summed E-state index contributed by atoms with van der Waals surface area (Å²) < 4.78 is 14.0. The van der Waals surface area contributed by atoms with Gasteiger partial charge in [0.2, 0.25) is 11.8 Å². The number of phenols is 1. The van der Waals surface area contributed by atoms with E-state index in [9.17, 15) is 19.7 Å². The predicted octanol–water partition coefficient (Wildman–Crippen LogP) is 8.90. The molecule has 60 heavy (non-hydrogen) atoms. The van der Waals surface area contributed by atoms with Crippen LogP contribution in [-0.2, 0) is 18.7 Å². The van der Waals surface area contributed by atoms with Crippen LogP contribution < -0.4 is 20.6 Å². The molecular formula is C50H53BN2O6Si. The molecule has 0 bridgehead atoms. The Bertz CT molecular complexity index is 2340. The van der Waals surface area contributed by atoms with Gasteiger partial charge in [0.15, 0.2) is 0 Å². The molecule has 2 saturated heterocycles. The average Bonchev–Trinajstić information content (AvgIpc) is 3.49. The first-order valence-corrected chi connectivity index (χ1v) is 22.9. The lowest BCUT2D eigenvalue weighted by atomic mass is 9.58. The molecule has 5 aromatic rings. The average molecular weight is 817 g/mol. The third-order valence-electron chi connectivity index (χ3n) is 12.5. The van der Waals surface area contributed by atoms with Crippen LogP contribution in [-0.4, -0.2) is 50.1 Å². The van der Waals surface area contributed by atoms with E-state index >= 15 is 0 Å². The highest BCUT2D eigenvalue weighted by Gasteiger charge is 2.58. The summed E-state index contributed by atoms with van der Waals surface area (Å²) in [6.45, 7) is 9.06. The minimum absolute atomic E-state index is 0.204. The van der Waals surface area contributed by atoms with E-state index in [-0.39, 0.29) is 35.5 Å². The number of anilines is 3. The van der Waals surface area contributed by atoms with Crippen LogP contribution in [0.25, 0.3) is 6.08 Å². The van der Waals surface area contributed by atoms with Crippen molar-refractivity contribution in [3.05, 3.63) is 162 Å². The molecule has 10 heteroatoms. The number of nitrogens with one attached hydrogen (secondary N) is 1. The van der Waals surface area contributed by atoms with E-state index in [1.807, 2.05) is 84.9 Å². The number of carbonyl (C=O) groups is 2. The van der Waals surface area contributed by atoms with Crippen molar-refractivity contribution in [2.75, 3.05) is 16.8 Å². The Kier molecular flexibility index (Phi) is 11.8. The molecule has 2 heterocycles. The number of hydrogen-bond donors (Lipinski definition) is 3. The van der Waals surface area contributed by atoms with Gasteiger partial charge in [-0.3, -0.25) is 14.5 Å². The van der Waals surface area contributed by atoms with E-state index in [1.165, 1.54) is 4.90 Å². The molecule has 2 aliphatic heterocycles. The summed E-state index contributed by atoms with van der Waals surface area (Å²) in [5, 5.41) is 26.9. The maximum absolute atomic E-state index is 14.7. The minimum atomic E-state index is -3.00. The van der Waals surface area contributed by atoms with Crippen molar-refractivity contribution in [3.63, 3.8) is 0 Å². The molecule has 3 aliphatic rings. The first kappa shape index (κ1) is 41.2. The first-order chi connectivity index (χ1) is 28.9. The summed E-state index contributed by atoms with van der Waals surface area (Å²) in [5.74, 6) is -1.92. The number of allylic oxidation sites excluding steroid dienone is 1. The van der Waals surface area contributed by atoms with Crippen LogP contribution in [0.15, 0.2) is 156 Å². The van der Waals surface area contributed by atoms with Gasteiger partial charge < -0.3 is 24.5 Å². The van der Waals surface area contributed by atoms with E-state index in [0.717, 1.165) is 44.0 Å². The summed E-state index contributed by atoms with van der Waals surface area (Å²) in [6, 6.07) is 45.4. The number of imide groups is 1. The van der Waals surface area contributed by atoms with Gasteiger partial charge in [-0.05, 0) is 119 Å². The Balaban J connectivity index is 1.16. The molecule has 2 fully saturated rings. The highest BCUT2D eigenvalue weighted by atomic mass is 28.4. The maximum atomic E-state index is 14.7. The molecule has 0 radical (unpaired) electrons. The second kappa shape index (κ2) is 17.2. The fourth-order valence-corrected chi connectivity index (χ4v) is 14.4. The number of rotatable bonds is 12. The number of carbonyl (C=O) groups excluding carboxylic acids is 2. The van der Waals surface area contributed by atoms with E-state index in [1.54, 1.807) is 12.1 Å². The van der Waals surface area contributed by atoms with Gasteiger partial charge in [-0.15, -0.1) is 0 Å². The lowest BCUT2D eigenvalue weighted by Crippen LogP contribution is -2.66. The standard InChI is InChI=1S/C50H53BN2O6Si/c1-34(29-35-15-14-18-40(54)30-35)23-28-45-46-36(33-58-60(50(2,3)4,41-19-10-6-11-20-41)42-21-12-7-13-22-42)31-43-47(44(46)32-51(57)59-45)49(56)53(48(43)55)39-26-24-38(25-27-39)52-37-16-8-5-9-17-37/h5-22,24-27,29-30,43-45,47,52,54,57H,23,28,31-33H2,1-4H3/b34-29+/t43-,44+,45-,47-/m1/s1. The number of hydrogen-bond acceptors (Lipinski definition) is 7. The van der Waals surface area contributed by atoms with Crippen LogP contribution in [0, 0.1) is 17.8 Å². The molecule has 8 rings (SSSR count). The van der Waals surface area contributed by atoms with Crippen molar-refractivity contribution >= 4 is 60.8 Å². The second-order valence-corrected chi connectivity index (χ2v) is 21.7. The van der Waals surface area contributed by atoms with Gasteiger partial charge in [-0.25, -0.2) is 0 Å². The number of amides is 2. The lowest BCUT2D eigenvalue weighted by molar-refractivity contribution is -0.122. The van der Waals surface area contributed by atoms with Gasteiger partial charge in [0, 0.05) is 11.4 Å². The van der Waals surface area contributed by atoms with Gasteiger partial charge >= 0.3 is 7.12 Å². The second-order valence-electron chi connectivity index (χ2n) is 17.4. The quantitative estimate of drug-likeness (QED) is 0.0656. The number of aromatic hydroxyl groups is 1. The van der Waals surface area contributed by atoms with Crippen molar-refractivity contribution in [2.45, 2.75) is 64.4 Å². The molecule has 306 valence electrons. The minimum Gasteiger partial charge on any atom is -0.508 e. The van der Waals surface area contributed by atoms with Crippen molar-refractivity contribution in [3.8, 4) is 5.75 Å². The Hall–Kier alpha value is -5.52. The summed E-state index contributed by atoms with van der Waals surface area (Å²) in [7, 11) is -4.10. The van der Waals surface area contributed by atoms with E-state index in [4.69, 9.17) is 9.08 Å². The zero-order valence-corrected chi connectivity index (χ0v) is 35.8. The van der Waals surface area contributed by atoms with Gasteiger partial charge in [-0.2, -0.15) is 0 Å². The lowest BCUT2D eigenvalue weighted by Gasteiger charge is -2.46. The van der Waals surface area contributed by atoms with Crippen molar-refractivity contribution in [2.24, 2.45) is 17.8 Å². The zero-order valence-electron chi connectivity index (χ0n) is 34.8.